The number of allylic oxidation sites excluding steroid dienone is 2. The Morgan fingerprint density at radius 3 is 2.47 bits per heavy atom. The first-order valence-electron chi connectivity index (χ1n) is 10.1. The molecule has 3 rings (SSSR count). The Morgan fingerprint density at radius 2 is 1.83 bits per heavy atom. The second-order valence-electron chi connectivity index (χ2n) is 8.05. The van der Waals surface area contributed by atoms with Gasteiger partial charge in [0.15, 0.2) is 5.06 Å². The number of carbonyl (C=O) groups is 1. The maximum absolute atomic E-state index is 13.8. The summed E-state index contributed by atoms with van der Waals surface area (Å²) in [6.07, 6.45) is 6.33. The predicted octanol–water partition coefficient (Wildman–Crippen LogP) is 6.36. The highest BCUT2D eigenvalue weighted by molar-refractivity contribution is 7.15. The van der Waals surface area contributed by atoms with Crippen molar-refractivity contribution in [2.24, 2.45) is 11.8 Å². The zero-order valence-electron chi connectivity index (χ0n) is 17.8. The van der Waals surface area contributed by atoms with Crippen LogP contribution in [0, 0.1) is 30.4 Å². The molecular formula is C24H27F2NO2S. The van der Waals surface area contributed by atoms with E-state index in [1.807, 2.05) is 0 Å². The topological polar surface area (TPSA) is 38.3 Å². The SMILES string of the molecule is Cc1c(F)cc(C(C)NC(=O)c2ccc(OC3C=C(C(C)C)C=CC3C)s2)cc1F. The molecule has 1 aliphatic rings. The third-order valence-electron chi connectivity index (χ3n) is 5.34. The molecule has 0 spiro atoms. The van der Waals surface area contributed by atoms with Gasteiger partial charge in [-0.3, -0.25) is 4.79 Å². The number of thiophene rings is 1. The fourth-order valence-corrected chi connectivity index (χ4v) is 4.00. The fraction of sp³-hybridized carbons (Fsp3) is 0.375. The van der Waals surface area contributed by atoms with Crippen LogP contribution in [-0.2, 0) is 0 Å². The van der Waals surface area contributed by atoms with Gasteiger partial charge < -0.3 is 10.1 Å². The molecule has 0 saturated carbocycles. The van der Waals surface area contributed by atoms with E-state index < -0.39 is 17.7 Å². The number of hydrogen-bond acceptors (Lipinski definition) is 3. The molecule has 3 nitrogen and oxygen atoms in total. The minimum Gasteiger partial charge on any atom is -0.476 e. The highest BCUT2D eigenvalue weighted by atomic mass is 32.1. The number of amides is 1. The standard InChI is InChI=1S/C24H27F2NO2S/c1-13(2)17-7-6-14(3)21(12-17)29-23-9-8-22(30-23)24(28)27-16(5)18-10-19(25)15(4)20(26)11-18/h6-14,16,21H,1-5H3,(H,27,28). The molecule has 6 heteroatoms. The van der Waals surface area contributed by atoms with Crippen molar-refractivity contribution in [2.45, 2.75) is 46.8 Å². The molecule has 1 amide bonds. The maximum Gasteiger partial charge on any atom is 0.261 e. The lowest BCUT2D eigenvalue weighted by molar-refractivity contribution is 0.0943. The average Bonchev–Trinajstić information content (AvgIpc) is 3.16. The first-order chi connectivity index (χ1) is 14.2. The zero-order valence-corrected chi connectivity index (χ0v) is 18.6. The normalized spacial score (nSPS) is 19.5. The van der Waals surface area contributed by atoms with Crippen LogP contribution in [0.5, 0.6) is 5.06 Å². The van der Waals surface area contributed by atoms with Crippen molar-refractivity contribution in [3.05, 3.63) is 75.7 Å². The van der Waals surface area contributed by atoms with Gasteiger partial charge in [0.25, 0.3) is 5.91 Å². The van der Waals surface area contributed by atoms with Crippen LogP contribution >= 0.6 is 11.3 Å². The second-order valence-corrected chi connectivity index (χ2v) is 9.09. The van der Waals surface area contributed by atoms with Crippen LogP contribution in [-0.4, -0.2) is 12.0 Å². The van der Waals surface area contributed by atoms with Crippen LogP contribution in [0.25, 0.3) is 0 Å². The molecule has 0 saturated heterocycles. The van der Waals surface area contributed by atoms with Gasteiger partial charge in [-0.25, -0.2) is 8.78 Å². The summed E-state index contributed by atoms with van der Waals surface area (Å²) in [6.45, 7) is 9.46. The average molecular weight is 432 g/mol. The molecule has 0 bridgehead atoms. The van der Waals surface area contributed by atoms with Crippen LogP contribution in [0.4, 0.5) is 8.78 Å². The third kappa shape index (κ3) is 4.98. The summed E-state index contributed by atoms with van der Waals surface area (Å²) in [5.74, 6) is -0.899. The van der Waals surface area contributed by atoms with Crippen molar-refractivity contribution >= 4 is 17.2 Å². The highest BCUT2D eigenvalue weighted by Crippen LogP contribution is 2.31. The van der Waals surface area contributed by atoms with Gasteiger partial charge in [-0.05, 0) is 61.2 Å². The lowest BCUT2D eigenvalue weighted by atomic mass is 9.90. The largest absolute Gasteiger partial charge is 0.476 e. The third-order valence-corrected chi connectivity index (χ3v) is 6.32. The van der Waals surface area contributed by atoms with Crippen LogP contribution in [0.3, 0.4) is 0 Å². The molecule has 0 aliphatic heterocycles. The minimum atomic E-state index is -0.623. The van der Waals surface area contributed by atoms with Crippen LogP contribution < -0.4 is 10.1 Å². The van der Waals surface area contributed by atoms with E-state index in [4.69, 9.17) is 4.74 Å². The Bertz CT molecular complexity index is 970. The minimum absolute atomic E-state index is 0.0289. The van der Waals surface area contributed by atoms with E-state index in [9.17, 15) is 13.6 Å². The van der Waals surface area contributed by atoms with E-state index in [1.54, 1.807) is 19.1 Å². The molecule has 3 atom stereocenters. The van der Waals surface area contributed by atoms with Crippen molar-refractivity contribution in [2.75, 3.05) is 0 Å². The zero-order chi connectivity index (χ0) is 22.0. The highest BCUT2D eigenvalue weighted by Gasteiger charge is 2.22. The molecule has 1 aromatic heterocycles. The van der Waals surface area contributed by atoms with Crippen molar-refractivity contribution in [1.29, 1.82) is 0 Å². The lowest BCUT2D eigenvalue weighted by Gasteiger charge is -2.24. The summed E-state index contributed by atoms with van der Waals surface area (Å²) >= 11 is 1.26. The number of hydrogen-bond donors (Lipinski definition) is 1. The van der Waals surface area contributed by atoms with Gasteiger partial charge in [-0.2, -0.15) is 0 Å². The van der Waals surface area contributed by atoms with E-state index in [-0.39, 0.29) is 23.5 Å². The molecule has 3 unspecified atom stereocenters. The van der Waals surface area contributed by atoms with Crippen molar-refractivity contribution in [3.8, 4) is 5.06 Å². The van der Waals surface area contributed by atoms with Gasteiger partial charge in [-0.15, -0.1) is 0 Å². The van der Waals surface area contributed by atoms with E-state index in [2.05, 4.69) is 44.3 Å². The van der Waals surface area contributed by atoms with E-state index in [0.29, 0.717) is 21.4 Å². The van der Waals surface area contributed by atoms with Crippen LogP contribution in [0.2, 0.25) is 0 Å². The van der Waals surface area contributed by atoms with Gasteiger partial charge in [0, 0.05) is 11.5 Å². The first-order valence-corrected chi connectivity index (χ1v) is 10.9. The van der Waals surface area contributed by atoms with Gasteiger partial charge in [-0.1, -0.05) is 44.3 Å². The van der Waals surface area contributed by atoms with E-state index in [0.717, 1.165) is 0 Å². The summed E-state index contributed by atoms with van der Waals surface area (Å²) < 4.78 is 33.8. The summed E-state index contributed by atoms with van der Waals surface area (Å²) in [4.78, 5) is 13.1. The molecule has 1 aromatic carbocycles. The fourth-order valence-electron chi connectivity index (χ4n) is 3.20. The number of ether oxygens (including phenoxy) is 1. The second kappa shape index (κ2) is 9.13. The Morgan fingerprint density at radius 1 is 1.17 bits per heavy atom. The molecule has 2 aromatic rings. The molecular weight excluding hydrogens is 404 g/mol. The first kappa shape index (κ1) is 22.2. The van der Waals surface area contributed by atoms with E-state index >= 15 is 0 Å². The molecule has 30 heavy (non-hydrogen) atoms. The Hall–Kier alpha value is -2.47. The number of nitrogens with one attached hydrogen (secondary N) is 1. The molecule has 160 valence electrons. The Labute approximate surface area is 180 Å². The predicted molar refractivity (Wildman–Crippen MR) is 117 cm³/mol. The van der Waals surface area contributed by atoms with Gasteiger partial charge >= 0.3 is 0 Å². The number of benzene rings is 1. The lowest BCUT2D eigenvalue weighted by Crippen LogP contribution is -2.26. The Kier molecular flexibility index (Phi) is 6.76. The maximum atomic E-state index is 13.8. The summed E-state index contributed by atoms with van der Waals surface area (Å²) in [6, 6.07) is 5.46. The number of carbonyl (C=O) groups excluding carboxylic acids is 1. The molecule has 1 N–H and O–H groups in total. The van der Waals surface area contributed by atoms with Gasteiger partial charge in [0.2, 0.25) is 0 Å². The number of halogens is 2. The quantitative estimate of drug-likeness (QED) is 0.578. The summed E-state index contributed by atoms with van der Waals surface area (Å²) in [5, 5.41) is 3.45. The molecule has 0 fully saturated rings. The Balaban J connectivity index is 1.67. The molecule has 1 aliphatic carbocycles. The summed E-state index contributed by atoms with van der Waals surface area (Å²) in [7, 11) is 0. The van der Waals surface area contributed by atoms with E-state index in [1.165, 1.54) is 36.0 Å². The monoisotopic (exact) mass is 431 g/mol. The van der Waals surface area contributed by atoms with Crippen molar-refractivity contribution in [3.63, 3.8) is 0 Å². The molecule has 0 radical (unpaired) electrons. The van der Waals surface area contributed by atoms with Crippen LogP contribution in [0.15, 0.2) is 48.1 Å². The van der Waals surface area contributed by atoms with Crippen molar-refractivity contribution in [1.82, 2.24) is 5.32 Å². The molecule has 1 heterocycles. The van der Waals surface area contributed by atoms with Crippen LogP contribution in [0.1, 0.15) is 54.5 Å². The number of rotatable bonds is 6. The van der Waals surface area contributed by atoms with Gasteiger partial charge in [0.05, 0.1) is 10.9 Å². The summed E-state index contributed by atoms with van der Waals surface area (Å²) in [5.41, 5.74) is 1.59. The van der Waals surface area contributed by atoms with Crippen molar-refractivity contribution < 1.29 is 18.3 Å². The smallest absolute Gasteiger partial charge is 0.261 e. The van der Waals surface area contributed by atoms with Gasteiger partial charge in [0.1, 0.15) is 17.7 Å².